The van der Waals surface area contributed by atoms with E-state index < -0.39 is 4.92 Å². The zero-order valence-electron chi connectivity index (χ0n) is 11.1. The summed E-state index contributed by atoms with van der Waals surface area (Å²) >= 11 is 3.29. The number of nitrogen functional groups attached to an aromatic ring is 1. The monoisotopic (exact) mass is 349 g/mol. The Balaban J connectivity index is 2.34. The topological polar surface area (TPSA) is 102 Å². The number of benzene rings is 2. The average Bonchev–Trinajstić information content (AvgIpc) is 2.40. The number of halogens is 1. The predicted molar refractivity (Wildman–Crippen MR) is 83.1 cm³/mol. The molecule has 7 heteroatoms. The van der Waals surface area contributed by atoms with Gasteiger partial charge in [0.15, 0.2) is 0 Å². The number of rotatable bonds is 4. The van der Waals surface area contributed by atoms with Crippen molar-refractivity contribution in [3.8, 4) is 11.5 Å². The van der Waals surface area contributed by atoms with Crippen LogP contribution in [0.25, 0.3) is 0 Å². The number of ether oxygens (including phenoxy) is 1. The van der Waals surface area contributed by atoms with Crippen molar-refractivity contribution in [2.45, 2.75) is 6.92 Å². The first-order chi connectivity index (χ1) is 9.88. The molecular formula is C14H12BrN3O3. The highest BCUT2D eigenvalue weighted by Gasteiger charge is 2.12. The first-order valence-electron chi connectivity index (χ1n) is 5.95. The summed E-state index contributed by atoms with van der Waals surface area (Å²) in [6.45, 7) is 1.81. The number of nitrogens with two attached hydrogens (primary N) is 1. The van der Waals surface area contributed by atoms with E-state index in [-0.39, 0.29) is 11.5 Å². The number of amidine groups is 1. The molecule has 2 rings (SSSR count). The molecule has 0 aliphatic rings. The zero-order chi connectivity index (χ0) is 15.6. The molecule has 0 spiro atoms. The van der Waals surface area contributed by atoms with Gasteiger partial charge in [-0.25, -0.2) is 0 Å². The van der Waals surface area contributed by atoms with E-state index in [4.69, 9.17) is 15.9 Å². The van der Waals surface area contributed by atoms with Crippen LogP contribution in [0, 0.1) is 22.4 Å². The van der Waals surface area contributed by atoms with Crippen molar-refractivity contribution >= 4 is 27.5 Å². The first-order valence-corrected chi connectivity index (χ1v) is 6.74. The number of nitrogens with one attached hydrogen (secondary N) is 1. The van der Waals surface area contributed by atoms with Gasteiger partial charge in [0.05, 0.1) is 15.5 Å². The van der Waals surface area contributed by atoms with Gasteiger partial charge in [0.2, 0.25) is 0 Å². The van der Waals surface area contributed by atoms with Crippen molar-refractivity contribution in [2.24, 2.45) is 5.73 Å². The molecule has 108 valence electrons. The van der Waals surface area contributed by atoms with Crippen molar-refractivity contribution in [3.05, 3.63) is 62.1 Å². The van der Waals surface area contributed by atoms with Crippen LogP contribution < -0.4 is 10.5 Å². The van der Waals surface area contributed by atoms with E-state index in [9.17, 15) is 10.1 Å². The van der Waals surface area contributed by atoms with Gasteiger partial charge in [0, 0.05) is 11.6 Å². The lowest BCUT2D eigenvalue weighted by Crippen LogP contribution is -2.12. The number of hydrogen-bond acceptors (Lipinski definition) is 4. The van der Waals surface area contributed by atoms with Gasteiger partial charge in [-0.3, -0.25) is 15.5 Å². The summed E-state index contributed by atoms with van der Waals surface area (Å²) in [6, 6.07) is 9.36. The van der Waals surface area contributed by atoms with Gasteiger partial charge in [-0.05, 0) is 52.7 Å². The fraction of sp³-hybridized carbons (Fsp3) is 0.0714. The Hall–Kier alpha value is -2.41. The first kappa shape index (κ1) is 15.0. The van der Waals surface area contributed by atoms with Crippen molar-refractivity contribution in [2.75, 3.05) is 0 Å². The summed E-state index contributed by atoms with van der Waals surface area (Å²) in [4.78, 5) is 10.3. The zero-order valence-corrected chi connectivity index (χ0v) is 12.7. The lowest BCUT2D eigenvalue weighted by Gasteiger charge is -2.10. The number of aryl methyl sites for hydroxylation is 1. The predicted octanol–water partition coefficient (Wildman–Crippen LogP) is 3.74. The molecular weight excluding hydrogens is 338 g/mol. The molecule has 0 aliphatic heterocycles. The van der Waals surface area contributed by atoms with Gasteiger partial charge in [-0.1, -0.05) is 0 Å². The van der Waals surface area contributed by atoms with Gasteiger partial charge in [-0.2, -0.15) is 0 Å². The molecule has 2 aromatic carbocycles. The molecule has 21 heavy (non-hydrogen) atoms. The second-order valence-electron chi connectivity index (χ2n) is 4.36. The standard InChI is InChI=1S/C14H12BrN3O3/c1-8-6-10(3-4-11(8)14(16)17)21-13-7-9(18(19)20)2-5-12(13)15/h2-7H,1H3,(H3,16,17). The van der Waals surface area contributed by atoms with Crippen LogP contribution >= 0.6 is 15.9 Å². The largest absolute Gasteiger partial charge is 0.456 e. The highest BCUT2D eigenvalue weighted by molar-refractivity contribution is 9.10. The summed E-state index contributed by atoms with van der Waals surface area (Å²) in [6.07, 6.45) is 0. The third-order valence-corrected chi connectivity index (χ3v) is 3.50. The maximum atomic E-state index is 10.8. The number of hydrogen-bond donors (Lipinski definition) is 2. The van der Waals surface area contributed by atoms with Crippen molar-refractivity contribution in [1.82, 2.24) is 0 Å². The Morgan fingerprint density at radius 1 is 1.33 bits per heavy atom. The van der Waals surface area contributed by atoms with E-state index in [2.05, 4.69) is 15.9 Å². The molecule has 0 radical (unpaired) electrons. The van der Waals surface area contributed by atoms with E-state index in [1.165, 1.54) is 12.1 Å². The number of nitro benzene ring substituents is 1. The summed E-state index contributed by atoms with van der Waals surface area (Å²) in [5.74, 6) is 0.841. The molecule has 0 saturated carbocycles. The highest BCUT2D eigenvalue weighted by atomic mass is 79.9. The normalized spacial score (nSPS) is 10.2. The van der Waals surface area contributed by atoms with Gasteiger partial charge in [0.25, 0.3) is 5.69 Å². The summed E-state index contributed by atoms with van der Waals surface area (Å²) in [7, 11) is 0. The van der Waals surface area contributed by atoms with Gasteiger partial charge < -0.3 is 10.5 Å². The third-order valence-electron chi connectivity index (χ3n) is 2.84. The van der Waals surface area contributed by atoms with Gasteiger partial charge >= 0.3 is 0 Å². The van der Waals surface area contributed by atoms with Crippen molar-refractivity contribution in [1.29, 1.82) is 5.41 Å². The van der Waals surface area contributed by atoms with Crippen molar-refractivity contribution < 1.29 is 9.66 Å². The van der Waals surface area contributed by atoms with Gasteiger partial charge in [0.1, 0.15) is 17.3 Å². The van der Waals surface area contributed by atoms with Crippen LogP contribution in [-0.2, 0) is 0 Å². The Kier molecular flexibility index (Phi) is 4.23. The summed E-state index contributed by atoms with van der Waals surface area (Å²) < 4.78 is 6.27. The minimum Gasteiger partial charge on any atom is -0.456 e. The molecule has 0 heterocycles. The van der Waals surface area contributed by atoms with E-state index in [1.807, 2.05) is 6.92 Å². The van der Waals surface area contributed by atoms with E-state index in [0.717, 1.165) is 5.56 Å². The molecule has 0 fully saturated rings. The smallest absolute Gasteiger partial charge is 0.273 e. The molecule has 2 aromatic rings. The molecule has 0 unspecified atom stereocenters. The average molecular weight is 350 g/mol. The lowest BCUT2D eigenvalue weighted by atomic mass is 10.1. The van der Waals surface area contributed by atoms with Gasteiger partial charge in [-0.15, -0.1) is 0 Å². The molecule has 0 bridgehead atoms. The Morgan fingerprint density at radius 2 is 2.05 bits per heavy atom. The van der Waals surface area contributed by atoms with Crippen LogP contribution in [0.2, 0.25) is 0 Å². The van der Waals surface area contributed by atoms with Crippen LogP contribution in [0.15, 0.2) is 40.9 Å². The number of non-ortho nitro benzene ring substituents is 1. The fourth-order valence-corrected chi connectivity index (χ4v) is 2.14. The van der Waals surface area contributed by atoms with Crippen LogP contribution in [0.1, 0.15) is 11.1 Å². The Bertz CT molecular complexity index is 731. The summed E-state index contributed by atoms with van der Waals surface area (Å²) in [5, 5.41) is 18.2. The fourth-order valence-electron chi connectivity index (χ4n) is 1.81. The van der Waals surface area contributed by atoms with E-state index in [1.54, 1.807) is 24.3 Å². The Morgan fingerprint density at radius 3 is 2.62 bits per heavy atom. The quantitative estimate of drug-likeness (QED) is 0.379. The lowest BCUT2D eigenvalue weighted by molar-refractivity contribution is -0.384. The maximum Gasteiger partial charge on any atom is 0.273 e. The van der Waals surface area contributed by atoms with Crippen LogP contribution in [0.5, 0.6) is 11.5 Å². The van der Waals surface area contributed by atoms with Crippen LogP contribution in [-0.4, -0.2) is 10.8 Å². The molecule has 6 nitrogen and oxygen atoms in total. The number of nitro groups is 1. The Labute approximate surface area is 129 Å². The second-order valence-corrected chi connectivity index (χ2v) is 5.22. The highest BCUT2D eigenvalue weighted by Crippen LogP contribution is 2.33. The minimum atomic E-state index is -0.483. The molecule has 3 N–H and O–H groups in total. The van der Waals surface area contributed by atoms with E-state index >= 15 is 0 Å². The number of nitrogens with zero attached hydrogens (tertiary/aromatic N) is 1. The minimum absolute atomic E-state index is 0.0180. The van der Waals surface area contributed by atoms with Crippen molar-refractivity contribution in [3.63, 3.8) is 0 Å². The molecule has 0 aliphatic carbocycles. The molecule has 0 amide bonds. The third kappa shape index (κ3) is 3.38. The second kappa shape index (κ2) is 5.92. The van der Waals surface area contributed by atoms with Crippen LogP contribution in [0.3, 0.4) is 0 Å². The molecule has 0 saturated heterocycles. The molecule has 0 aromatic heterocycles. The SMILES string of the molecule is Cc1cc(Oc2cc([N+](=O)[O-])ccc2Br)ccc1C(=N)N. The maximum absolute atomic E-state index is 10.8. The molecule has 0 atom stereocenters. The summed E-state index contributed by atoms with van der Waals surface area (Å²) in [5.41, 5.74) is 6.82. The van der Waals surface area contributed by atoms with Crippen LogP contribution in [0.4, 0.5) is 5.69 Å². The van der Waals surface area contributed by atoms with E-state index in [0.29, 0.717) is 21.5 Å².